The van der Waals surface area contributed by atoms with E-state index >= 15 is 0 Å². The van der Waals surface area contributed by atoms with Crippen molar-refractivity contribution in [3.05, 3.63) is 29.8 Å². The molecule has 1 aliphatic heterocycles. The second-order valence-corrected chi connectivity index (χ2v) is 6.79. The fourth-order valence-electron chi connectivity index (χ4n) is 2.63. The zero-order valence-electron chi connectivity index (χ0n) is 14.9. The number of aliphatic imine (C=N–C) groups is 1. The first-order valence-electron chi connectivity index (χ1n) is 8.65. The molecule has 6 nitrogen and oxygen atoms in total. The number of likely N-dealkylation sites (tertiary alicyclic amines) is 1. The molecule has 2 rings (SSSR count). The third kappa shape index (κ3) is 5.76. The van der Waals surface area contributed by atoms with E-state index in [0.29, 0.717) is 12.5 Å². The molecule has 0 spiro atoms. The lowest BCUT2D eigenvalue weighted by Crippen LogP contribution is -2.42. The van der Waals surface area contributed by atoms with E-state index in [4.69, 9.17) is 5.73 Å². The number of carbonyl (C=O) groups is 1. The molecule has 132 valence electrons. The Hall–Kier alpha value is -2.24. The number of hydrogen-bond donors (Lipinski definition) is 3. The predicted octanol–water partition coefficient (Wildman–Crippen LogP) is 2.76. The highest BCUT2D eigenvalue weighted by Gasteiger charge is 2.16. The molecule has 1 aromatic rings. The van der Waals surface area contributed by atoms with Crippen molar-refractivity contribution in [1.29, 1.82) is 0 Å². The number of nitrogens with two attached hydrogens (primary N) is 1. The lowest BCUT2D eigenvalue weighted by Gasteiger charge is -2.31. The summed E-state index contributed by atoms with van der Waals surface area (Å²) >= 11 is 0. The Morgan fingerprint density at radius 2 is 1.92 bits per heavy atom. The van der Waals surface area contributed by atoms with Gasteiger partial charge in [0.15, 0.2) is 5.96 Å². The Kier molecular flexibility index (Phi) is 6.46. The maximum absolute atomic E-state index is 11.7. The van der Waals surface area contributed by atoms with Crippen molar-refractivity contribution in [2.24, 2.45) is 16.6 Å². The van der Waals surface area contributed by atoms with Gasteiger partial charge in [-0.15, -0.1) is 0 Å². The summed E-state index contributed by atoms with van der Waals surface area (Å²) < 4.78 is 0. The van der Waals surface area contributed by atoms with Crippen LogP contribution in [0.15, 0.2) is 29.3 Å². The van der Waals surface area contributed by atoms with Gasteiger partial charge in [-0.1, -0.05) is 19.1 Å². The Balaban J connectivity index is 1.85. The van der Waals surface area contributed by atoms with Crippen molar-refractivity contribution in [1.82, 2.24) is 10.2 Å². The van der Waals surface area contributed by atoms with Gasteiger partial charge in [0, 0.05) is 24.8 Å². The van der Waals surface area contributed by atoms with Crippen molar-refractivity contribution in [2.45, 2.75) is 46.2 Å². The van der Waals surface area contributed by atoms with E-state index < -0.39 is 0 Å². The van der Waals surface area contributed by atoms with Crippen molar-refractivity contribution < 1.29 is 4.79 Å². The highest BCUT2D eigenvalue weighted by molar-refractivity contribution is 5.89. The fourth-order valence-corrected chi connectivity index (χ4v) is 2.63. The summed E-state index contributed by atoms with van der Waals surface area (Å²) in [5, 5.41) is 5.59. The van der Waals surface area contributed by atoms with Gasteiger partial charge in [-0.3, -0.25) is 0 Å². The number of nitrogens with one attached hydrogen (secondary N) is 2. The molecule has 1 heterocycles. The van der Waals surface area contributed by atoms with Crippen LogP contribution in [0.4, 0.5) is 10.5 Å². The van der Waals surface area contributed by atoms with Gasteiger partial charge in [0.2, 0.25) is 0 Å². The van der Waals surface area contributed by atoms with Gasteiger partial charge in [-0.25, -0.2) is 9.79 Å². The molecule has 0 unspecified atom stereocenters. The van der Waals surface area contributed by atoms with Crippen LogP contribution in [0, 0.1) is 5.92 Å². The minimum Gasteiger partial charge on any atom is -0.370 e. The quantitative estimate of drug-likeness (QED) is 0.586. The molecule has 1 fully saturated rings. The van der Waals surface area contributed by atoms with Crippen LogP contribution >= 0.6 is 0 Å². The maximum atomic E-state index is 11.7. The van der Waals surface area contributed by atoms with Crippen LogP contribution in [-0.4, -0.2) is 36.0 Å². The maximum Gasteiger partial charge on any atom is 0.319 e. The van der Waals surface area contributed by atoms with E-state index in [2.05, 4.69) is 27.4 Å². The van der Waals surface area contributed by atoms with E-state index in [1.54, 1.807) is 0 Å². The summed E-state index contributed by atoms with van der Waals surface area (Å²) in [5.74, 6) is 1.41. The van der Waals surface area contributed by atoms with Gasteiger partial charge in [0.25, 0.3) is 0 Å². The zero-order valence-corrected chi connectivity index (χ0v) is 14.9. The Bertz CT molecular complexity index is 559. The molecule has 0 bridgehead atoms. The number of anilines is 1. The summed E-state index contributed by atoms with van der Waals surface area (Å²) in [7, 11) is 0. The van der Waals surface area contributed by atoms with E-state index in [-0.39, 0.29) is 12.1 Å². The topological polar surface area (TPSA) is 82.8 Å². The molecule has 0 saturated carbocycles. The Labute approximate surface area is 144 Å². The number of hydrogen-bond acceptors (Lipinski definition) is 2. The Morgan fingerprint density at radius 1 is 1.29 bits per heavy atom. The van der Waals surface area contributed by atoms with E-state index in [9.17, 15) is 4.79 Å². The monoisotopic (exact) mass is 331 g/mol. The summed E-state index contributed by atoms with van der Waals surface area (Å²) in [6, 6.07) is 7.59. The van der Waals surface area contributed by atoms with Crippen LogP contribution in [0.5, 0.6) is 0 Å². The highest BCUT2D eigenvalue weighted by atomic mass is 16.2. The first-order chi connectivity index (χ1) is 11.4. The molecule has 1 saturated heterocycles. The molecular weight excluding hydrogens is 302 g/mol. The van der Waals surface area contributed by atoms with Gasteiger partial charge in [-0.2, -0.15) is 0 Å². The molecule has 24 heavy (non-hydrogen) atoms. The Morgan fingerprint density at radius 3 is 2.50 bits per heavy atom. The first-order valence-corrected chi connectivity index (χ1v) is 8.65. The molecule has 2 amide bonds. The van der Waals surface area contributed by atoms with Crippen LogP contribution in [0.3, 0.4) is 0 Å². The second kappa shape index (κ2) is 8.57. The summed E-state index contributed by atoms with van der Waals surface area (Å²) in [4.78, 5) is 18.3. The fraction of sp³-hybridized carbons (Fsp3) is 0.556. The van der Waals surface area contributed by atoms with E-state index in [0.717, 1.165) is 30.3 Å². The lowest BCUT2D eigenvalue weighted by molar-refractivity contribution is 0.250. The zero-order chi connectivity index (χ0) is 17.5. The standard InChI is InChI=1S/C18H29N5O/c1-13(2)21-18(24)22-16-6-4-15(5-7-16)12-20-17(19)23-10-8-14(3)9-11-23/h4-7,13-14H,8-12H2,1-3H3,(H2,19,20)(H2,21,22,24). The summed E-state index contributed by atoms with van der Waals surface area (Å²) in [6.07, 6.45) is 2.35. The van der Waals surface area contributed by atoms with Crippen LogP contribution in [0.25, 0.3) is 0 Å². The van der Waals surface area contributed by atoms with Crippen molar-refractivity contribution in [3.8, 4) is 0 Å². The third-order valence-electron chi connectivity index (χ3n) is 4.16. The summed E-state index contributed by atoms with van der Waals surface area (Å²) in [5.41, 5.74) is 7.93. The van der Waals surface area contributed by atoms with Crippen LogP contribution in [0.1, 0.15) is 39.2 Å². The molecule has 0 atom stereocenters. The second-order valence-electron chi connectivity index (χ2n) is 6.79. The number of piperidine rings is 1. The van der Waals surface area contributed by atoms with Gasteiger partial charge in [0.1, 0.15) is 0 Å². The molecule has 1 aliphatic rings. The number of carbonyl (C=O) groups excluding carboxylic acids is 1. The SMILES string of the molecule is CC1CCN(C(N)=NCc2ccc(NC(=O)NC(C)C)cc2)CC1. The third-order valence-corrected chi connectivity index (χ3v) is 4.16. The van der Waals surface area contributed by atoms with Crippen molar-refractivity contribution in [3.63, 3.8) is 0 Å². The average molecular weight is 331 g/mol. The van der Waals surface area contributed by atoms with Gasteiger partial charge in [-0.05, 0) is 50.3 Å². The number of benzene rings is 1. The minimum atomic E-state index is -0.195. The largest absolute Gasteiger partial charge is 0.370 e. The lowest BCUT2D eigenvalue weighted by atomic mass is 10.00. The summed E-state index contributed by atoms with van der Waals surface area (Å²) in [6.45, 7) is 8.66. The molecule has 4 N–H and O–H groups in total. The molecule has 0 aromatic heterocycles. The highest BCUT2D eigenvalue weighted by Crippen LogP contribution is 2.16. The van der Waals surface area contributed by atoms with Crippen LogP contribution < -0.4 is 16.4 Å². The predicted molar refractivity (Wildman–Crippen MR) is 99.0 cm³/mol. The minimum absolute atomic E-state index is 0.111. The smallest absolute Gasteiger partial charge is 0.319 e. The molecular formula is C18H29N5O. The van der Waals surface area contributed by atoms with Crippen LogP contribution in [-0.2, 0) is 6.54 Å². The normalized spacial score (nSPS) is 16.3. The van der Waals surface area contributed by atoms with Crippen molar-refractivity contribution in [2.75, 3.05) is 18.4 Å². The average Bonchev–Trinajstić information content (AvgIpc) is 2.54. The molecule has 0 aliphatic carbocycles. The van der Waals surface area contributed by atoms with E-state index in [1.807, 2.05) is 38.1 Å². The van der Waals surface area contributed by atoms with Crippen molar-refractivity contribution >= 4 is 17.7 Å². The van der Waals surface area contributed by atoms with E-state index in [1.165, 1.54) is 12.8 Å². The number of amides is 2. The number of guanidine groups is 1. The van der Waals surface area contributed by atoms with Gasteiger partial charge >= 0.3 is 6.03 Å². The number of urea groups is 1. The molecule has 0 radical (unpaired) electrons. The molecule has 1 aromatic carbocycles. The van der Waals surface area contributed by atoms with Gasteiger partial charge in [0.05, 0.1) is 6.54 Å². The van der Waals surface area contributed by atoms with Crippen LogP contribution in [0.2, 0.25) is 0 Å². The molecule has 6 heteroatoms. The number of nitrogens with zero attached hydrogens (tertiary/aromatic N) is 2. The first kappa shape index (κ1) is 18.1. The number of rotatable bonds is 4. The van der Waals surface area contributed by atoms with Gasteiger partial charge < -0.3 is 21.3 Å².